The first-order chi connectivity index (χ1) is 18.9. The van der Waals surface area contributed by atoms with E-state index in [1.807, 2.05) is 0 Å². The van der Waals surface area contributed by atoms with Crippen LogP contribution in [0.2, 0.25) is 0 Å². The zero-order valence-corrected chi connectivity index (χ0v) is 27.2. The van der Waals surface area contributed by atoms with Crippen LogP contribution >= 0.6 is 0 Å². The van der Waals surface area contributed by atoms with Gasteiger partial charge in [0.1, 0.15) is 23.3 Å². The van der Waals surface area contributed by atoms with Gasteiger partial charge in [-0.2, -0.15) is 0 Å². The summed E-state index contributed by atoms with van der Waals surface area (Å²) in [6.45, 7) is 12.2. The minimum atomic E-state index is -4.31. The first kappa shape index (κ1) is 38.3. The Hall–Kier alpha value is -1.70. The number of likely N-dealkylation sites (N-methyl/N-ethyl adjacent to an activating group) is 1. The summed E-state index contributed by atoms with van der Waals surface area (Å²) in [6.07, 6.45) is 20.6. The van der Waals surface area contributed by atoms with Crippen LogP contribution in [0.5, 0.6) is 0 Å². The van der Waals surface area contributed by atoms with Gasteiger partial charge in [0, 0.05) is 5.57 Å². The first-order valence-electron chi connectivity index (χ1n) is 15.6. The Morgan fingerprint density at radius 3 is 1.68 bits per heavy atom. The van der Waals surface area contributed by atoms with E-state index in [0.29, 0.717) is 12.2 Å². The Morgan fingerprint density at radius 1 is 0.775 bits per heavy atom. The van der Waals surface area contributed by atoms with Gasteiger partial charge in [0.15, 0.2) is 0 Å². The summed E-state index contributed by atoms with van der Waals surface area (Å²) in [5, 5.41) is 0. The van der Waals surface area contributed by atoms with Crippen molar-refractivity contribution >= 4 is 16.1 Å². The lowest BCUT2D eigenvalue weighted by Crippen LogP contribution is -2.43. The Balaban J connectivity index is 0.000000778. The molecule has 1 rings (SSSR count). The van der Waals surface area contributed by atoms with Gasteiger partial charge < -0.3 is 13.8 Å². The summed E-state index contributed by atoms with van der Waals surface area (Å²) in [5.74, 6) is -0.280. The number of carbonyl (C=O) groups is 1. The fourth-order valence-corrected chi connectivity index (χ4v) is 4.87. The van der Waals surface area contributed by atoms with E-state index in [4.69, 9.17) is 4.74 Å². The molecular formula is C33H59NO5S. The molecule has 0 fully saturated rings. The predicted octanol–water partition coefficient (Wildman–Crippen LogP) is 8.21. The lowest BCUT2D eigenvalue weighted by Gasteiger charge is -2.29. The summed E-state index contributed by atoms with van der Waals surface area (Å²) >= 11 is 0. The van der Waals surface area contributed by atoms with Crippen molar-refractivity contribution in [3.63, 3.8) is 0 Å². The summed E-state index contributed by atoms with van der Waals surface area (Å²) < 4.78 is 38.5. The smallest absolute Gasteiger partial charge is 0.333 e. The quantitative estimate of drug-likeness (QED) is 0.0453. The standard InChI is InChI=1S/C18H30O3S.C15H30NO2/c1-2-3-4-5-6-7-8-9-10-11-12-17-13-15-18(16-14-17)22(19,20)21;1-6-7-8-9-10-11-16(4,5)12-13-18-15(17)14(2)3/h13-16H,2-12H2,1H3,(H,19,20,21);2,6-13H2,1,3-5H3/q;+1/p-1. The second-order valence-electron chi connectivity index (χ2n) is 11.7. The van der Waals surface area contributed by atoms with Crippen LogP contribution in [0.3, 0.4) is 0 Å². The van der Waals surface area contributed by atoms with Gasteiger partial charge in [0.05, 0.1) is 25.5 Å². The molecule has 0 radical (unpaired) electrons. The second-order valence-corrected chi connectivity index (χ2v) is 13.1. The number of carbonyl (C=O) groups excluding carboxylic acids is 1. The number of rotatable bonds is 22. The molecule has 0 N–H and O–H groups in total. The van der Waals surface area contributed by atoms with E-state index in [9.17, 15) is 17.8 Å². The lowest BCUT2D eigenvalue weighted by molar-refractivity contribution is -0.890. The number of ether oxygens (including phenoxy) is 1. The highest BCUT2D eigenvalue weighted by Gasteiger charge is 2.15. The maximum absolute atomic E-state index is 11.2. The van der Waals surface area contributed by atoms with Gasteiger partial charge in [-0.15, -0.1) is 0 Å². The Bertz CT molecular complexity index is 894. The van der Waals surface area contributed by atoms with Crippen LogP contribution in [-0.2, 0) is 26.1 Å². The molecular weight excluding hydrogens is 522 g/mol. The fourth-order valence-electron chi connectivity index (χ4n) is 4.40. The van der Waals surface area contributed by atoms with Crippen molar-refractivity contribution < 1.29 is 27.0 Å². The zero-order chi connectivity index (χ0) is 30.3. The minimum absolute atomic E-state index is 0.140. The maximum atomic E-state index is 11.2. The number of nitrogens with zero attached hydrogens (tertiary/aromatic N) is 1. The average Bonchev–Trinajstić information content (AvgIpc) is 2.89. The molecule has 0 aliphatic heterocycles. The molecule has 0 unspecified atom stereocenters. The highest BCUT2D eigenvalue weighted by molar-refractivity contribution is 7.85. The Morgan fingerprint density at radius 2 is 1.23 bits per heavy atom. The molecule has 0 saturated heterocycles. The molecule has 0 bridgehead atoms. The highest BCUT2D eigenvalue weighted by Crippen LogP contribution is 2.14. The monoisotopic (exact) mass is 581 g/mol. The van der Waals surface area contributed by atoms with Gasteiger partial charge in [-0.05, 0) is 50.3 Å². The molecule has 1 aromatic carbocycles. The molecule has 0 saturated carbocycles. The topological polar surface area (TPSA) is 83.5 Å². The number of hydrogen-bond acceptors (Lipinski definition) is 5. The lowest BCUT2D eigenvalue weighted by atomic mass is 10.0. The van der Waals surface area contributed by atoms with Crippen LogP contribution in [0, 0.1) is 0 Å². The number of quaternary nitrogens is 1. The third-order valence-electron chi connectivity index (χ3n) is 7.18. The molecule has 1 aromatic rings. The van der Waals surface area contributed by atoms with Crippen molar-refractivity contribution in [2.24, 2.45) is 0 Å². The van der Waals surface area contributed by atoms with Crippen LogP contribution in [0.1, 0.15) is 123 Å². The van der Waals surface area contributed by atoms with E-state index in [0.717, 1.165) is 36.0 Å². The van der Waals surface area contributed by atoms with Crippen LogP contribution in [0.25, 0.3) is 0 Å². The van der Waals surface area contributed by atoms with E-state index < -0.39 is 10.1 Å². The molecule has 232 valence electrons. The zero-order valence-electron chi connectivity index (χ0n) is 26.3. The van der Waals surface area contributed by atoms with Gasteiger partial charge in [-0.1, -0.05) is 110 Å². The Labute approximate surface area is 246 Å². The molecule has 0 heterocycles. The number of unbranched alkanes of at least 4 members (excludes halogenated alkanes) is 13. The fraction of sp³-hybridized carbons (Fsp3) is 0.727. The molecule has 40 heavy (non-hydrogen) atoms. The number of esters is 1. The van der Waals surface area contributed by atoms with Gasteiger partial charge in [0.25, 0.3) is 0 Å². The molecule has 0 spiro atoms. The van der Waals surface area contributed by atoms with Gasteiger partial charge in [0.2, 0.25) is 0 Å². The third kappa shape index (κ3) is 22.0. The summed E-state index contributed by atoms with van der Waals surface area (Å²) in [7, 11) is 0.0642. The van der Waals surface area contributed by atoms with E-state index in [1.54, 1.807) is 19.1 Å². The molecule has 0 aromatic heterocycles. The second kappa shape index (κ2) is 22.9. The SMILES string of the molecule is C=C(C)C(=O)OCC[N+](C)(C)CCCCCCC.CCCCCCCCCCCCc1ccc(S(=O)(=O)[O-])cc1. The van der Waals surface area contributed by atoms with Crippen LogP contribution in [0.4, 0.5) is 0 Å². The van der Waals surface area contributed by atoms with Crippen molar-refractivity contribution in [3.05, 3.63) is 42.0 Å². The number of benzene rings is 1. The van der Waals surface area contributed by atoms with Crippen molar-refractivity contribution in [1.82, 2.24) is 0 Å². The predicted molar refractivity (Wildman–Crippen MR) is 166 cm³/mol. The van der Waals surface area contributed by atoms with Crippen molar-refractivity contribution in [2.75, 3.05) is 33.8 Å². The van der Waals surface area contributed by atoms with Gasteiger partial charge in [-0.3, -0.25) is 0 Å². The van der Waals surface area contributed by atoms with Crippen LogP contribution in [0.15, 0.2) is 41.3 Å². The molecule has 0 amide bonds. The maximum Gasteiger partial charge on any atom is 0.333 e. The summed E-state index contributed by atoms with van der Waals surface area (Å²) in [5.41, 5.74) is 1.58. The van der Waals surface area contributed by atoms with E-state index in [1.165, 1.54) is 102 Å². The molecule has 6 nitrogen and oxygen atoms in total. The highest BCUT2D eigenvalue weighted by atomic mass is 32.2. The molecule has 0 aliphatic rings. The molecule has 7 heteroatoms. The van der Waals surface area contributed by atoms with Crippen molar-refractivity contribution in [1.29, 1.82) is 0 Å². The van der Waals surface area contributed by atoms with E-state index >= 15 is 0 Å². The summed E-state index contributed by atoms with van der Waals surface area (Å²) in [4.78, 5) is 11.1. The molecule has 0 aliphatic carbocycles. The first-order valence-corrected chi connectivity index (χ1v) is 17.0. The number of hydrogen-bond donors (Lipinski definition) is 0. The normalized spacial score (nSPS) is 11.6. The third-order valence-corrected chi connectivity index (χ3v) is 8.03. The van der Waals surface area contributed by atoms with Gasteiger partial charge >= 0.3 is 5.97 Å². The molecule has 0 atom stereocenters. The van der Waals surface area contributed by atoms with Gasteiger partial charge in [-0.25, -0.2) is 13.2 Å². The van der Waals surface area contributed by atoms with Crippen LogP contribution < -0.4 is 0 Å². The minimum Gasteiger partial charge on any atom is -0.744 e. The van der Waals surface area contributed by atoms with Crippen molar-refractivity contribution in [2.45, 2.75) is 128 Å². The van der Waals surface area contributed by atoms with E-state index in [-0.39, 0.29) is 10.9 Å². The van der Waals surface area contributed by atoms with Crippen LogP contribution in [-0.4, -0.2) is 57.2 Å². The van der Waals surface area contributed by atoms with Crippen molar-refractivity contribution in [3.8, 4) is 0 Å². The number of aryl methyl sites for hydroxylation is 1. The average molecular weight is 582 g/mol. The van der Waals surface area contributed by atoms with E-state index in [2.05, 4.69) is 34.5 Å². The largest absolute Gasteiger partial charge is 0.744 e. The summed E-state index contributed by atoms with van der Waals surface area (Å²) in [6, 6.07) is 6.32. The Kier molecular flexibility index (Phi) is 22.0.